The molecule has 0 fully saturated rings. The maximum absolute atomic E-state index is 5.21. The van der Waals surface area contributed by atoms with Crippen LogP contribution in [0.3, 0.4) is 0 Å². The predicted octanol–water partition coefficient (Wildman–Crippen LogP) is 1.67. The van der Waals surface area contributed by atoms with Gasteiger partial charge in [-0.05, 0) is 13.8 Å². The van der Waals surface area contributed by atoms with Gasteiger partial charge < -0.3 is 14.2 Å². The van der Waals surface area contributed by atoms with Gasteiger partial charge in [0.05, 0.1) is 19.3 Å². The van der Waals surface area contributed by atoms with E-state index in [9.17, 15) is 0 Å². The normalized spacial score (nSPS) is 9.82. The molecule has 3 heteroatoms. The minimum atomic E-state index is 0. The lowest BCUT2D eigenvalue weighted by Crippen LogP contribution is -2.10. The van der Waals surface area contributed by atoms with Crippen molar-refractivity contribution >= 4 is 0 Å². The molecule has 0 N–H and O–H groups in total. The van der Waals surface area contributed by atoms with Crippen LogP contribution in [0.25, 0.3) is 0 Å². The third-order valence-electron chi connectivity index (χ3n) is 0.880. The largest absolute Gasteiger partial charge is 0.376 e. The molecule has 11 heavy (non-hydrogen) atoms. The van der Waals surface area contributed by atoms with E-state index in [0.29, 0.717) is 20.0 Å². The molecule has 0 unspecified atom stereocenters. The van der Waals surface area contributed by atoms with E-state index in [4.69, 9.17) is 9.47 Å². The van der Waals surface area contributed by atoms with Crippen molar-refractivity contribution < 1.29 is 14.2 Å². The van der Waals surface area contributed by atoms with Gasteiger partial charge in [0.2, 0.25) is 0 Å². The average Bonchev–Trinajstić information content (AvgIpc) is 1.87. The van der Waals surface area contributed by atoms with Gasteiger partial charge in [0.15, 0.2) is 0 Å². The summed E-state index contributed by atoms with van der Waals surface area (Å²) in [5, 5.41) is 0. The second-order valence-corrected chi connectivity index (χ2v) is 2.23. The highest BCUT2D eigenvalue weighted by atomic mass is 16.7. The maximum Gasteiger partial charge on any atom is 0.146 e. The Hall–Kier alpha value is -0.120. The number of hydrogen-bond acceptors (Lipinski definition) is 3. The molecule has 0 amide bonds. The summed E-state index contributed by atoms with van der Waals surface area (Å²) in [6, 6.07) is 0. The highest BCUT2D eigenvalue weighted by Gasteiger charge is 1.91. The molecule has 0 heterocycles. The third-order valence-corrected chi connectivity index (χ3v) is 0.880. The van der Waals surface area contributed by atoms with Gasteiger partial charge in [-0.15, -0.1) is 0 Å². The zero-order valence-electron chi connectivity index (χ0n) is 6.92. The van der Waals surface area contributed by atoms with Crippen LogP contribution >= 0.6 is 0 Å². The molecule has 0 aromatic carbocycles. The van der Waals surface area contributed by atoms with Gasteiger partial charge in [-0.25, -0.2) is 0 Å². The quantitative estimate of drug-likeness (QED) is 0.441. The second-order valence-electron chi connectivity index (χ2n) is 2.23. The van der Waals surface area contributed by atoms with Crippen LogP contribution in [0.15, 0.2) is 0 Å². The summed E-state index contributed by atoms with van der Waals surface area (Å²) in [6.45, 7) is 5.58. The fraction of sp³-hybridized carbons (Fsp3) is 1.00. The van der Waals surface area contributed by atoms with E-state index in [1.54, 1.807) is 7.11 Å². The number of hydrogen-bond donors (Lipinski definition) is 0. The summed E-state index contributed by atoms with van der Waals surface area (Å²) in [5.41, 5.74) is 0. The summed E-state index contributed by atoms with van der Waals surface area (Å²) < 4.78 is 14.9. The lowest BCUT2D eigenvalue weighted by molar-refractivity contribution is -0.0578. The Labute approximate surface area is 69.6 Å². The Kier molecular flexibility index (Phi) is 12.1. The Morgan fingerprint density at radius 3 is 2.27 bits per heavy atom. The molecule has 0 saturated carbocycles. The summed E-state index contributed by atoms with van der Waals surface area (Å²) >= 11 is 0. The Morgan fingerprint density at radius 1 is 1.18 bits per heavy atom. The molecule has 70 valence electrons. The first kappa shape index (κ1) is 13.5. The number of methoxy groups -OCH3 is 1. The molecule has 0 spiro atoms. The van der Waals surface area contributed by atoms with Gasteiger partial charge in [0.25, 0.3) is 0 Å². The van der Waals surface area contributed by atoms with E-state index in [1.165, 1.54) is 0 Å². The van der Waals surface area contributed by atoms with Crippen molar-refractivity contribution in [1.82, 2.24) is 0 Å². The first-order chi connectivity index (χ1) is 4.77. The molecule has 0 aromatic heterocycles. The second kappa shape index (κ2) is 9.88. The van der Waals surface area contributed by atoms with Crippen molar-refractivity contribution in [3.05, 3.63) is 0 Å². The molecular weight excluding hydrogens is 144 g/mol. The van der Waals surface area contributed by atoms with E-state index in [1.807, 2.05) is 13.8 Å². The standard InChI is InChI=1S/C7H16O3.CH4/c1-7(2)10-5-4-9-6-8-3;/h7H,4-6H2,1-3H3;1H4. The van der Waals surface area contributed by atoms with Gasteiger partial charge >= 0.3 is 0 Å². The first-order valence-corrected chi connectivity index (χ1v) is 3.45. The molecule has 0 atom stereocenters. The summed E-state index contributed by atoms with van der Waals surface area (Å²) in [7, 11) is 1.60. The van der Waals surface area contributed by atoms with Crippen LogP contribution in [-0.2, 0) is 14.2 Å². The van der Waals surface area contributed by atoms with Crippen LogP contribution in [0.2, 0.25) is 0 Å². The van der Waals surface area contributed by atoms with Crippen LogP contribution in [0.4, 0.5) is 0 Å². The van der Waals surface area contributed by atoms with Crippen molar-refractivity contribution in [3.63, 3.8) is 0 Å². The zero-order valence-corrected chi connectivity index (χ0v) is 6.92. The van der Waals surface area contributed by atoms with Gasteiger partial charge in [-0.2, -0.15) is 0 Å². The molecule has 0 bridgehead atoms. The number of ether oxygens (including phenoxy) is 3. The minimum absolute atomic E-state index is 0. The van der Waals surface area contributed by atoms with E-state index >= 15 is 0 Å². The average molecular weight is 164 g/mol. The Balaban J connectivity index is 0. The van der Waals surface area contributed by atoms with Gasteiger partial charge in [0, 0.05) is 7.11 Å². The fourth-order valence-corrected chi connectivity index (χ4v) is 0.485. The van der Waals surface area contributed by atoms with Crippen LogP contribution in [-0.4, -0.2) is 33.2 Å². The molecule has 0 saturated heterocycles. The van der Waals surface area contributed by atoms with Crippen molar-refractivity contribution in [2.24, 2.45) is 0 Å². The van der Waals surface area contributed by atoms with Crippen molar-refractivity contribution in [1.29, 1.82) is 0 Å². The molecule has 0 radical (unpaired) electrons. The van der Waals surface area contributed by atoms with E-state index in [2.05, 4.69) is 4.74 Å². The summed E-state index contributed by atoms with van der Waals surface area (Å²) in [5.74, 6) is 0. The molecule has 0 rings (SSSR count). The summed E-state index contributed by atoms with van der Waals surface area (Å²) in [4.78, 5) is 0. The van der Waals surface area contributed by atoms with Gasteiger partial charge in [0.1, 0.15) is 6.79 Å². The molecule has 0 aliphatic carbocycles. The van der Waals surface area contributed by atoms with Crippen molar-refractivity contribution in [3.8, 4) is 0 Å². The zero-order chi connectivity index (χ0) is 7.82. The number of rotatable bonds is 6. The van der Waals surface area contributed by atoms with Crippen molar-refractivity contribution in [2.75, 3.05) is 27.1 Å². The maximum atomic E-state index is 5.21. The van der Waals surface area contributed by atoms with E-state index < -0.39 is 0 Å². The van der Waals surface area contributed by atoms with Crippen LogP contribution in [0.1, 0.15) is 21.3 Å². The van der Waals surface area contributed by atoms with Crippen molar-refractivity contribution in [2.45, 2.75) is 27.4 Å². The van der Waals surface area contributed by atoms with Gasteiger partial charge in [-0.1, -0.05) is 7.43 Å². The molecular formula is C8H20O3. The third kappa shape index (κ3) is 13.0. The lowest BCUT2D eigenvalue weighted by Gasteiger charge is -2.06. The SMILES string of the molecule is C.COCOCCOC(C)C. The Bertz CT molecular complexity index is 64.4. The van der Waals surface area contributed by atoms with Crippen LogP contribution in [0, 0.1) is 0 Å². The van der Waals surface area contributed by atoms with Crippen LogP contribution < -0.4 is 0 Å². The molecule has 0 aliphatic rings. The molecule has 3 nitrogen and oxygen atoms in total. The summed E-state index contributed by atoms with van der Waals surface area (Å²) in [6.07, 6.45) is 0.283. The monoisotopic (exact) mass is 164 g/mol. The van der Waals surface area contributed by atoms with E-state index in [0.717, 1.165) is 0 Å². The highest BCUT2D eigenvalue weighted by Crippen LogP contribution is 1.86. The minimum Gasteiger partial charge on any atom is -0.376 e. The lowest BCUT2D eigenvalue weighted by atomic mass is 10.5. The fourth-order valence-electron chi connectivity index (χ4n) is 0.485. The topological polar surface area (TPSA) is 27.7 Å². The van der Waals surface area contributed by atoms with E-state index in [-0.39, 0.29) is 13.5 Å². The first-order valence-electron chi connectivity index (χ1n) is 3.45. The Morgan fingerprint density at radius 2 is 1.82 bits per heavy atom. The van der Waals surface area contributed by atoms with Crippen LogP contribution in [0.5, 0.6) is 0 Å². The smallest absolute Gasteiger partial charge is 0.146 e. The highest BCUT2D eigenvalue weighted by molar-refractivity contribution is 4.35. The molecule has 0 aliphatic heterocycles. The predicted molar refractivity (Wildman–Crippen MR) is 45.6 cm³/mol. The van der Waals surface area contributed by atoms with Gasteiger partial charge in [-0.3, -0.25) is 0 Å². The molecule has 0 aromatic rings.